The third kappa shape index (κ3) is 2.82. The van der Waals surface area contributed by atoms with Crippen LogP contribution in [0.2, 0.25) is 0 Å². The molecule has 6 nitrogen and oxygen atoms in total. The number of amides is 1. The number of anilines is 1. The van der Waals surface area contributed by atoms with Crippen LogP contribution in [0.15, 0.2) is 65.1 Å². The third-order valence-electron chi connectivity index (χ3n) is 4.11. The molecule has 4 rings (SSSR count). The van der Waals surface area contributed by atoms with Crippen molar-refractivity contribution >= 4 is 17.2 Å². The van der Waals surface area contributed by atoms with Gasteiger partial charge >= 0.3 is 5.91 Å². The quantitative estimate of drug-likeness (QED) is 0.934. The smallest absolute Gasteiger partial charge is 0.311 e. The number of oxazole rings is 1. The van der Waals surface area contributed by atoms with Crippen LogP contribution in [0, 0.1) is 0 Å². The Balaban J connectivity index is 1.67. The van der Waals surface area contributed by atoms with Crippen molar-refractivity contribution < 1.29 is 13.9 Å². The number of nitrogens with one attached hydrogen (secondary N) is 1. The number of ether oxygens (including phenoxy) is 1. The predicted molar refractivity (Wildman–Crippen MR) is 94.4 cm³/mol. The molecule has 1 unspecified atom stereocenters. The number of aromatic nitrogens is 1. The van der Waals surface area contributed by atoms with Gasteiger partial charge in [0.1, 0.15) is 18.1 Å². The van der Waals surface area contributed by atoms with Crippen molar-refractivity contribution in [3.8, 4) is 5.75 Å². The third-order valence-corrected chi connectivity index (χ3v) is 4.11. The Morgan fingerprint density at radius 1 is 1.32 bits per heavy atom. The van der Waals surface area contributed by atoms with Gasteiger partial charge in [0.05, 0.1) is 6.20 Å². The van der Waals surface area contributed by atoms with E-state index in [0.717, 1.165) is 22.6 Å². The van der Waals surface area contributed by atoms with Gasteiger partial charge in [-0.3, -0.25) is 4.79 Å². The molecule has 1 N–H and O–H groups in total. The number of benzene rings is 1. The zero-order valence-electron chi connectivity index (χ0n) is 13.9. The molecule has 2 aliphatic rings. The van der Waals surface area contributed by atoms with Crippen LogP contribution in [-0.2, 0) is 0 Å². The van der Waals surface area contributed by atoms with Gasteiger partial charge in [-0.2, -0.15) is 0 Å². The maximum atomic E-state index is 12.2. The van der Waals surface area contributed by atoms with E-state index in [1.54, 1.807) is 0 Å². The Morgan fingerprint density at radius 2 is 2.20 bits per heavy atom. The van der Waals surface area contributed by atoms with E-state index in [2.05, 4.69) is 16.4 Å². The molecule has 2 heterocycles. The van der Waals surface area contributed by atoms with Crippen LogP contribution >= 0.6 is 0 Å². The summed E-state index contributed by atoms with van der Waals surface area (Å²) in [5, 5.41) is 2.81. The highest BCUT2D eigenvalue weighted by Crippen LogP contribution is 2.41. The minimum absolute atomic E-state index is 0.0297. The van der Waals surface area contributed by atoms with Crippen molar-refractivity contribution in [3.05, 3.63) is 72.1 Å². The number of carbonyl (C=O) groups excluding carboxylic acids is 1. The van der Waals surface area contributed by atoms with Gasteiger partial charge in [-0.15, -0.1) is 0 Å². The Morgan fingerprint density at radius 3 is 2.96 bits per heavy atom. The molecule has 0 bridgehead atoms. The lowest BCUT2D eigenvalue weighted by Gasteiger charge is -2.13. The highest BCUT2D eigenvalue weighted by atomic mass is 16.5. The summed E-state index contributed by atoms with van der Waals surface area (Å²) in [5.74, 6) is 0.481. The molecular weight excluding hydrogens is 318 g/mol. The minimum atomic E-state index is -0.388. The maximum absolute atomic E-state index is 12.2. The van der Waals surface area contributed by atoms with Crippen LogP contribution in [0.3, 0.4) is 0 Å². The molecule has 1 aromatic heterocycles. The number of fused-ring (bicyclic) bond motifs is 3. The second-order valence-electron chi connectivity index (χ2n) is 6.01. The van der Waals surface area contributed by atoms with Crippen LogP contribution in [0.5, 0.6) is 5.75 Å². The zero-order valence-corrected chi connectivity index (χ0v) is 13.9. The van der Waals surface area contributed by atoms with Gasteiger partial charge in [0.15, 0.2) is 0 Å². The number of carbonyl (C=O) groups is 1. The molecule has 126 valence electrons. The van der Waals surface area contributed by atoms with E-state index in [9.17, 15) is 4.79 Å². The van der Waals surface area contributed by atoms with Crippen molar-refractivity contribution in [3.63, 3.8) is 0 Å². The van der Waals surface area contributed by atoms with Gasteiger partial charge in [-0.05, 0) is 36.4 Å². The van der Waals surface area contributed by atoms with E-state index in [1.807, 2.05) is 55.4 Å². The van der Waals surface area contributed by atoms with Gasteiger partial charge in [0, 0.05) is 36.6 Å². The molecule has 0 saturated heterocycles. The average molecular weight is 335 g/mol. The zero-order chi connectivity index (χ0) is 17.4. The first kappa shape index (κ1) is 15.3. The summed E-state index contributed by atoms with van der Waals surface area (Å²) in [4.78, 5) is 18.1. The van der Waals surface area contributed by atoms with Crippen LogP contribution in [0.4, 0.5) is 5.69 Å². The number of rotatable bonds is 3. The number of nitrogens with zero attached hydrogens (tertiary/aromatic N) is 2. The van der Waals surface area contributed by atoms with Crippen molar-refractivity contribution in [2.45, 2.75) is 6.10 Å². The summed E-state index contributed by atoms with van der Waals surface area (Å²) in [6.07, 6.45) is 10.2. The molecule has 0 radical (unpaired) electrons. The fourth-order valence-electron chi connectivity index (χ4n) is 2.85. The SMILES string of the molecule is CN(C)c1ccc2c(c1)C1=CC(NC(=O)c3ncco3)=CC=CC1O2. The molecule has 0 saturated carbocycles. The fraction of sp³-hybridized carbons (Fsp3) is 0.158. The van der Waals surface area contributed by atoms with Crippen molar-refractivity contribution in [2.24, 2.45) is 0 Å². The monoisotopic (exact) mass is 335 g/mol. The summed E-state index contributed by atoms with van der Waals surface area (Å²) < 4.78 is 11.0. The van der Waals surface area contributed by atoms with Gasteiger partial charge < -0.3 is 19.4 Å². The maximum Gasteiger partial charge on any atom is 0.311 e. The summed E-state index contributed by atoms with van der Waals surface area (Å²) >= 11 is 0. The molecule has 2 aromatic rings. The van der Waals surface area contributed by atoms with Gasteiger partial charge in [0.2, 0.25) is 0 Å². The lowest BCUT2D eigenvalue weighted by atomic mass is 10.0. The van der Waals surface area contributed by atoms with E-state index in [4.69, 9.17) is 9.15 Å². The minimum Gasteiger partial charge on any atom is -0.481 e. The summed E-state index contributed by atoms with van der Waals surface area (Å²) in [7, 11) is 4.00. The molecule has 1 aliphatic heterocycles. The van der Waals surface area contributed by atoms with E-state index in [0.29, 0.717) is 5.70 Å². The highest BCUT2D eigenvalue weighted by molar-refractivity contribution is 5.92. The molecule has 0 fully saturated rings. The Labute approximate surface area is 145 Å². The van der Waals surface area contributed by atoms with Crippen LogP contribution < -0.4 is 15.0 Å². The molecular formula is C19H17N3O3. The van der Waals surface area contributed by atoms with Gasteiger partial charge in [-0.25, -0.2) is 4.98 Å². The van der Waals surface area contributed by atoms with Crippen LogP contribution in [-0.4, -0.2) is 31.1 Å². The topological polar surface area (TPSA) is 67.6 Å². The van der Waals surface area contributed by atoms with Crippen molar-refractivity contribution in [1.82, 2.24) is 10.3 Å². The normalized spacial score (nSPS) is 17.6. The summed E-state index contributed by atoms with van der Waals surface area (Å²) in [5.41, 5.74) is 3.78. The average Bonchev–Trinajstić information content (AvgIpc) is 3.19. The highest BCUT2D eigenvalue weighted by Gasteiger charge is 2.28. The predicted octanol–water partition coefficient (Wildman–Crippen LogP) is 2.77. The first-order valence-electron chi connectivity index (χ1n) is 7.91. The van der Waals surface area contributed by atoms with E-state index >= 15 is 0 Å². The number of hydrogen-bond donors (Lipinski definition) is 1. The molecule has 1 amide bonds. The molecule has 0 spiro atoms. The summed E-state index contributed by atoms with van der Waals surface area (Å²) in [6, 6.07) is 6.09. The van der Waals surface area contributed by atoms with Gasteiger partial charge in [0.25, 0.3) is 5.89 Å². The Bertz CT molecular complexity index is 908. The molecule has 1 atom stereocenters. The van der Waals surface area contributed by atoms with Crippen molar-refractivity contribution in [1.29, 1.82) is 0 Å². The largest absolute Gasteiger partial charge is 0.481 e. The molecule has 1 aromatic carbocycles. The van der Waals surface area contributed by atoms with Crippen LogP contribution in [0.1, 0.15) is 16.2 Å². The Kier molecular flexibility index (Phi) is 3.65. The van der Waals surface area contributed by atoms with E-state index in [-0.39, 0.29) is 17.9 Å². The van der Waals surface area contributed by atoms with E-state index in [1.165, 1.54) is 12.5 Å². The van der Waals surface area contributed by atoms with Crippen LogP contribution in [0.25, 0.3) is 5.57 Å². The fourth-order valence-corrected chi connectivity index (χ4v) is 2.85. The molecule has 1 aliphatic carbocycles. The Hall–Kier alpha value is -3.28. The lowest BCUT2D eigenvalue weighted by Crippen LogP contribution is -2.22. The standard InChI is InChI=1S/C19H17N3O3/c1-22(2)13-6-7-17-15(11-13)14-10-12(4-3-5-16(14)25-17)21-18(23)19-20-8-9-24-19/h3-11,16H,1-2H3,(H,21,23). The molecule has 6 heteroatoms. The van der Waals surface area contributed by atoms with E-state index < -0.39 is 0 Å². The summed E-state index contributed by atoms with van der Waals surface area (Å²) in [6.45, 7) is 0. The number of allylic oxidation sites excluding steroid dienone is 3. The van der Waals surface area contributed by atoms with Gasteiger partial charge in [-0.1, -0.05) is 6.08 Å². The second kappa shape index (κ2) is 5.98. The van der Waals surface area contributed by atoms with Crippen molar-refractivity contribution in [2.75, 3.05) is 19.0 Å². The molecule has 25 heavy (non-hydrogen) atoms. The second-order valence-corrected chi connectivity index (χ2v) is 6.01. The lowest BCUT2D eigenvalue weighted by molar-refractivity contribution is 0.0933. The number of hydrogen-bond acceptors (Lipinski definition) is 5. The first-order valence-corrected chi connectivity index (χ1v) is 7.91. The first-order chi connectivity index (χ1) is 12.1.